The lowest BCUT2D eigenvalue weighted by Gasteiger charge is -2.27. The van der Waals surface area contributed by atoms with Crippen molar-refractivity contribution in [3.63, 3.8) is 0 Å². The summed E-state index contributed by atoms with van der Waals surface area (Å²) in [4.78, 5) is 14.0. The molecule has 0 amide bonds. The van der Waals surface area contributed by atoms with E-state index in [-0.39, 0.29) is 5.43 Å². The van der Waals surface area contributed by atoms with Crippen LogP contribution in [-0.4, -0.2) is 17.3 Å². The molecule has 0 atom stereocenters. The highest BCUT2D eigenvalue weighted by atomic mass is 16.5. The molecule has 0 unspecified atom stereocenters. The number of allylic oxidation sites excluding steroid dienone is 1. The molecule has 4 heteroatoms. The first-order valence-electron chi connectivity index (χ1n) is 10.6. The van der Waals surface area contributed by atoms with Crippen LogP contribution in [0.5, 0.6) is 11.5 Å². The summed E-state index contributed by atoms with van der Waals surface area (Å²) in [6.07, 6.45) is 5.71. The Morgan fingerprint density at radius 3 is 2.50 bits per heavy atom. The average molecular weight is 424 g/mol. The molecule has 0 bridgehead atoms. The lowest BCUT2D eigenvalue weighted by atomic mass is 9.83. The maximum absolute atomic E-state index is 14.0. The average Bonchev–Trinajstić information content (AvgIpc) is 2.98. The van der Waals surface area contributed by atoms with E-state index in [0.29, 0.717) is 22.3 Å². The molecule has 0 aliphatic carbocycles. The van der Waals surface area contributed by atoms with Crippen LogP contribution in [0.25, 0.3) is 38.3 Å². The van der Waals surface area contributed by atoms with Gasteiger partial charge in [-0.2, -0.15) is 0 Å². The molecule has 0 radical (unpaired) electrons. The van der Waals surface area contributed by atoms with E-state index in [4.69, 9.17) is 15.9 Å². The van der Waals surface area contributed by atoms with Gasteiger partial charge < -0.3 is 14.0 Å². The molecule has 160 valence electrons. The van der Waals surface area contributed by atoms with Gasteiger partial charge in [-0.05, 0) is 30.7 Å². The Hall–Kier alpha value is -3.71. The molecule has 5 rings (SSSR count). The van der Waals surface area contributed by atoms with Gasteiger partial charge in [-0.25, -0.2) is 0 Å². The van der Waals surface area contributed by atoms with Gasteiger partial charge in [0.25, 0.3) is 0 Å². The zero-order valence-corrected chi connectivity index (χ0v) is 19.0. The van der Waals surface area contributed by atoms with Crippen molar-refractivity contribution in [3.05, 3.63) is 64.8 Å². The smallest absolute Gasteiger partial charge is 0.201 e. The fourth-order valence-electron chi connectivity index (χ4n) is 4.85. The Morgan fingerprint density at radius 2 is 1.81 bits per heavy atom. The van der Waals surface area contributed by atoms with E-state index in [0.717, 1.165) is 33.1 Å². The third-order valence-corrected chi connectivity index (χ3v) is 6.60. The summed E-state index contributed by atoms with van der Waals surface area (Å²) in [6.45, 7) is 12.3. The van der Waals surface area contributed by atoms with Crippen molar-refractivity contribution in [2.75, 3.05) is 7.11 Å². The Morgan fingerprint density at radius 1 is 1.09 bits per heavy atom. The summed E-state index contributed by atoms with van der Waals surface area (Å²) in [5, 5.41) is 3.12. The van der Waals surface area contributed by atoms with Crippen LogP contribution in [0.3, 0.4) is 0 Å². The van der Waals surface area contributed by atoms with Gasteiger partial charge in [0.1, 0.15) is 11.5 Å². The topological polar surface area (TPSA) is 40.5 Å². The normalized spacial score (nSPS) is 14.8. The Labute approximate surface area is 187 Å². The number of aromatic nitrogens is 1. The van der Waals surface area contributed by atoms with Gasteiger partial charge in [0.05, 0.1) is 28.9 Å². The molecule has 0 saturated carbocycles. The fraction of sp³-hybridized carbons (Fsp3) is 0.250. The van der Waals surface area contributed by atoms with E-state index in [1.807, 2.05) is 50.2 Å². The molecule has 3 aromatic carbocycles. The summed E-state index contributed by atoms with van der Waals surface area (Å²) in [5.41, 5.74) is 2.00. The molecule has 1 aromatic heterocycles. The highest BCUT2D eigenvalue weighted by Crippen LogP contribution is 2.52. The molecule has 0 fully saturated rings. The van der Waals surface area contributed by atoms with E-state index in [1.54, 1.807) is 13.2 Å². The molecule has 1 aliphatic heterocycles. The number of hydrogen-bond donors (Lipinski definition) is 0. The first-order chi connectivity index (χ1) is 15.1. The molecule has 32 heavy (non-hydrogen) atoms. The monoisotopic (exact) mass is 423 g/mol. The summed E-state index contributed by atoms with van der Waals surface area (Å²) < 4.78 is 14.1. The SMILES string of the molecule is C#CC(C)(C)Oc1cc(OC)c2c(=O)c3c4ccccc4ccc3n3c2c1C(C)(C)C3=C. The van der Waals surface area contributed by atoms with Crippen molar-refractivity contribution in [3.8, 4) is 23.8 Å². The first kappa shape index (κ1) is 20.2. The number of hydrogen-bond acceptors (Lipinski definition) is 3. The second-order valence-corrected chi connectivity index (χ2v) is 9.35. The van der Waals surface area contributed by atoms with Crippen LogP contribution < -0.4 is 14.9 Å². The van der Waals surface area contributed by atoms with Crippen LogP contribution in [0.15, 0.2) is 53.8 Å². The van der Waals surface area contributed by atoms with Crippen molar-refractivity contribution in [1.29, 1.82) is 0 Å². The van der Waals surface area contributed by atoms with Gasteiger partial charge >= 0.3 is 0 Å². The molecule has 2 heterocycles. The standard InChI is InChI=1S/C28H25NO3/c1-8-27(3,4)32-21-15-20(31-7)23-25-24(21)28(5,6)16(2)29(25)19-14-13-17-11-9-10-12-18(17)22(19)26(23)30/h1,9-15H,2H2,3-7H3. The number of terminal acetylenes is 1. The van der Waals surface area contributed by atoms with E-state index >= 15 is 0 Å². The van der Waals surface area contributed by atoms with Crippen LogP contribution in [0.1, 0.15) is 33.3 Å². The largest absolute Gasteiger partial charge is 0.496 e. The van der Waals surface area contributed by atoms with Gasteiger partial charge in [0.2, 0.25) is 5.43 Å². The second kappa shape index (κ2) is 6.40. The number of rotatable bonds is 3. The summed E-state index contributed by atoms with van der Waals surface area (Å²) in [5.74, 6) is 3.76. The minimum Gasteiger partial charge on any atom is -0.496 e. The van der Waals surface area contributed by atoms with Crippen molar-refractivity contribution in [1.82, 2.24) is 4.57 Å². The lowest BCUT2D eigenvalue weighted by molar-refractivity contribution is 0.169. The molecular formula is C28H25NO3. The number of pyridine rings is 1. The van der Waals surface area contributed by atoms with E-state index in [1.165, 1.54) is 0 Å². The first-order valence-corrected chi connectivity index (χ1v) is 10.6. The quantitative estimate of drug-likeness (QED) is 0.235. The predicted molar refractivity (Wildman–Crippen MR) is 132 cm³/mol. The predicted octanol–water partition coefficient (Wildman–Crippen LogP) is 5.87. The van der Waals surface area contributed by atoms with E-state index in [2.05, 4.69) is 30.9 Å². The maximum atomic E-state index is 14.0. The summed E-state index contributed by atoms with van der Waals surface area (Å²) in [6, 6.07) is 13.8. The zero-order valence-electron chi connectivity index (χ0n) is 19.0. The number of methoxy groups -OCH3 is 1. The van der Waals surface area contributed by atoms with Crippen LogP contribution in [-0.2, 0) is 5.41 Å². The molecule has 4 nitrogen and oxygen atoms in total. The summed E-state index contributed by atoms with van der Waals surface area (Å²) >= 11 is 0. The minimum absolute atomic E-state index is 0.0607. The molecule has 0 saturated heterocycles. The van der Waals surface area contributed by atoms with Gasteiger partial charge in [-0.1, -0.05) is 56.7 Å². The Bertz CT molecular complexity index is 1580. The van der Waals surface area contributed by atoms with Crippen molar-refractivity contribution in [2.24, 2.45) is 0 Å². The van der Waals surface area contributed by atoms with Gasteiger partial charge in [0, 0.05) is 22.7 Å². The van der Waals surface area contributed by atoms with Crippen LogP contribution in [0, 0.1) is 12.3 Å². The highest BCUT2D eigenvalue weighted by molar-refractivity contribution is 6.14. The minimum atomic E-state index is -0.826. The Balaban J connectivity index is 2.07. The highest BCUT2D eigenvalue weighted by Gasteiger charge is 2.41. The van der Waals surface area contributed by atoms with Gasteiger partial charge in [-0.15, -0.1) is 6.42 Å². The number of nitrogens with zero attached hydrogens (tertiary/aromatic N) is 1. The molecular weight excluding hydrogens is 398 g/mol. The number of benzene rings is 3. The molecule has 0 spiro atoms. The van der Waals surface area contributed by atoms with Gasteiger partial charge in [-0.3, -0.25) is 4.79 Å². The van der Waals surface area contributed by atoms with Crippen molar-refractivity contribution in [2.45, 2.75) is 38.7 Å². The third kappa shape index (κ3) is 2.48. The number of fused-ring (bicyclic) bond motifs is 4. The van der Waals surface area contributed by atoms with Crippen LogP contribution >= 0.6 is 0 Å². The van der Waals surface area contributed by atoms with E-state index in [9.17, 15) is 4.79 Å². The van der Waals surface area contributed by atoms with E-state index < -0.39 is 11.0 Å². The molecule has 4 aromatic rings. The maximum Gasteiger partial charge on any atom is 0.201 e. The molecule has 0 N–H and O–H groups in total. The van der Waals surface area contributed by atoms with Gasteiger partial charge in [0.15, 0.2) is 5.60 Å². The third-order valence-electron chi connectivity index (χ3n) is 6.60. The second-order valence-electron chi connectivity index (χ2n) is 9.35. The van der Waals surface area contributed by atoms with Crippen LogP contribution in [0.4, 0.5) is 0 Å². The van der Waals surface area contributed by atoms with Crippen molar-refractivity contribution < 1.29 is 9.47 Å². The molecule has 1 aliphatic rings. The van der Waals surface area contributed by atoms with Crippen molar-refractivity contribution >= 4 is 38.3 Å². The fourth-order valence-corrected chi connectivity index (χ4v) is 4.85. The lowest BCUT2D eigenvalue weighted by Crippen LogP contribution is -2.27. The Kier molecular flexibility index (Phi) is 4.04. The number of ether oxygens (including phenoxy) is 2. The zero-order chi connectivity index (χ0) is 23.0. The summed E-state index contributed by atoms with van der Waals surface area (Å²) in [7, 11) is 1.57. The van der Waals surface area contributed by atoms with Crippen LogP contribution in [0.2, 0.25) is 0 Å².